The summed E-state index contributed by atoms with van der Waals surface area (Å²) < 4.78 is 5.52. The molecule has 1 atom stereocenters. The molecule has 3 rings (SSSR count). The summed E-state index contributed by atoms with van der Waals surface area (Å²) in [6, 6.07) is 9.87. The van der Waals surface area contributed by atoms with Gasteiger partial charge in [0.05, 0.1) is 6.10 Å². The highest BCUT2D eigenvalue weighted by Crippen LogP contribution is 2.24. The molecular formula is C20H26N4O2. The van der Waals surface area contributed by atoms with Gasteiger partial charge in [-0.25, -0.2) is 9.97 Å². The molecule has 2 aromatic rings. The molecule has 1 unspecified atom stereocenters. The number of anilines is 2. The Balaban J connectivity index is 1.62. The number of rotatable bonds is 5. The monoisotopic (exact) mass is 354 g/mol. The van der Waals surface area contributed by atoms with Crippen molar-refractivity contribution in [2.45, 2.75) is 45.1 Å². The molecular weight excluding hydrogens is 328 g/mol. The lowest BCUT2D eigenvalue weighted by atomic mass is 9.87. The normalized spacial score (nSPS) is 17.1. The Bertz CT molecular complexity index is 747. The van der Waals surface area contributed by atoms with Gasteiger partial charge in [0.15, 0.2) is 0 Å². The summed E-state index contributed by atoms with van der Waals surface area (Å²) >= 11 is 0. The molecule has 0 aliphatic carbocycles. The minimum Gasteiger partial charge on any atom is -0.376 e. The first-order valence-corrected chi connectivity index (χ1v) is 9.01. The van der Waals surface area contributed by atoms with E-state index < -0.39 is 0 Å². The molecule has 0 bridgehead atoms. The Morgan fingerprint density at radius 1 is 1.23 bits per heavy atom. The summed E-state index contributed by atoms with van der Waals surface area (Å²) in [6.45, 7) is 7.83. The zero-order chi connectivity index (χ0) is 18.6. The Hall–Kier alpha value is -2.47. The van der Waals surface area contributed by atoms with Crippen molar-refractivity contribution in [2.75, 3.05) is 18.5 Å². The number of nitrogens with zero attached hydrogens (tertiary/aromatic N) is 2. The summed E-state index contributed by atoms with van der Waals surface area (Å²) in [7, 11) is 0. The van der Waals surface area contributed by atoms with Crippen molar-refractivity contribution in [1.29, 1.82) is 0 Å². The van der Waals surface area contributed by atoms with Gasteiger partial charge < -0.3 is 15.4 Å². The van der Waals surface area contributed by atoms with Crippen LogP contribution in [-0.4, -0.2) is 35.1 Å². The van der Waals surface area contributed by atoms with Gasteiger partial charge in [-0.1, -0.05) is 32.9 Å². The van der Waals surface area contributed by atoms with Crippen LogP contribution >= 0.6 is 0 Å². The molecule has 1 amide bonds. The molecule has 2 N–H and O–H groups in total. The summed E-state index contributed by atoms with van der Waals surface area (Å²) in [5, 5.41) is 6.09. The predicted octanol–water partition coefficient (Wildman–Crippen LogP) is 3.43. The SMILES string of the molecule is CC(C)(C)c1ccc(Nc2cc(C(=O)NCC3CCCO3)ncn2)cc1. The highest BCUT2D eigenvalue weighted by atomic mass is 16.5. The third-order valence-corrected chi connectivity index (χ3v) is 4.44. The van der Waals surface area contributed by atoms with Gasteiger partial charge in [0, 0.05) is 24.9 Å². The lowest BCUT2D eigenvalue weighted by Gasteiger charge is -2.19. The summed E-state index contributed by atoms with van der Waals surface area (Å²) in [6.07, 6.45) is 3.55. The minimum atomic E-state index is -0.214. The van der Waals surface area contributed by atoms with Gasteiger partial charge in [-0.05, 0) is 36.0 Å². The maximum Gasteiger partial charge on any atom is 0.270 e. The average Bonchev–Trinajstić information content (AvgIpc) is 3.13. The van der Waals surface area contributed by atoms with E-state index in [-0.39, 0.29) is 17.4 Å². The van der Waals surface area contributed by atoms with Crippen LogP contribution in [0.15, 0.2) is 36.7 Å². The third-order valence-electron chi connectivity index (χ3n) is 4.44. The second kappa shape index (κ2) is 7.83. The summed E-state index contributed by atoms with van der Waals surface area (Å²) in [4.78, 5) is 20.5. The molecule has 0 spiro atoms. The van der Waals surface area contributed by atoms with E-state index in [0.717, 1.165) is 25.1 Å². The van der Waals surface area contributed by atoms with Gasteiger partial charge >= 0.3 is 0 Å². The Labute approximate surface area is 154 Å². The molecule has 0 radical (unpaired) electrons. The van der Waals surface area contributed by atoms with Crippen molar-refractivity contribution in [2.24, 2.45) is 0 Å². The zero-order valence-electron chi connectivity index (χ0n) is 15.6. The molecule has 6 heteroatoms. The molecule has 1 fully saturated rings. The maximum absolute atomic E-state index is 12.3. The van der Waals surface area contributed by atoms with Gasteiger partial charge in [0.25, 0.3) is 5.91 Å². The number of ether oxygens (including phenoxy) is 1. The number of carbonyl (C=O) groups excluding carboxylic acids is 1. The number of benzene rings is 1. The zero-order valence-corrected chi connectivity index (χ0v) is 15.6. The quantitative estimate of drug-likeness (QED) is 0.860. The standard InChI is InChI=1S/C20H26N4O2/c1-20(2,3)14-6-8-15(9-7-14)24-18-11-17(22-13-23-18)19(25)21-12-16-5-4-10-26-16/h6-9,11,13,16H,4-5,10,12H2,1-3H3,(H,21,25)(H,22,23,24). The number of amides is 1. The summed E-state index contributed by atoms with van der Waals surface area (Å²) in [5.41, 5.74) is 2.64. The molecule has 138 valence electrons. The lowest BCUT2D eigenvalue weighted by Crippen LogP contribution is -2.32. The van der Waals surface area contributed by atoms with Gasteiger partial charge in [0.2, 0.25) is 0 Å². The minimum absolute atomic E-state index is 0.111. The van der Waals surface area contributed by atoms with Crippen molar-refractivity contribution in [3.05, 3.63) is 47.9 Å². The number of hydrogen-bond donors (Lipinski definition) is 2. The van der Waals surface area contributed by atoms with Crippen molar-refractivity contribution < 1.29 is 9.53 Å². The van der Waals surface area contributed by atoms with Crippen LogP contribution in [0.3, 0.4) is 0 Å². The number of nitrogens with one attached hydrogen (secondary N) is 2. The first kappa shape index (κ1) is 18.3. The molecule has 2 heterocycles. The molecule has 1 saturated heterocycles. The fourth-order valence-electron chi connectivity index (χ4n) is 2.85. The first-order valence-electron chi connectivity index (χ1n) is 9.01. The molecule has 6 nitrogen and oxygen atoms in total. The van der Waals surface area contributed by atoms with Crippen LogP contribution in [0.5, 0.6) is 0 Å². The van der Waals surface area contributed by atoms with Crippen LogP contribution < -0.4 is 10.6 Å². The van der Waals surface area contributed by atoms with E-state index in [9.17, 15) is 4.79 Å². The van der Waals surface area contributed by atoms with Gasteiger partial charge in [-0.3, -0.25) is 4.79 Å². The van der Waals surface area contributed by atoms with E-state index in [0.29, 0.717) is 18.1 Å². The maximum atomic E-state index is 12.3. The lowest BCUT2D eigenvalue weighted by molar-refractivity contribution is 0.0853. The molecule has 1 aromatic carbocycles. The van der Waals surface area contributed by atoms with Crippen molar-refractivity contribution in [3.63, 3.8) is 0 Å². The van der Waals surface area contributed by atoms with Crippen LogP contribution in [-0.2, 0) is 10.2 Å². The Kier molecular flexibility index (Phi) is 5.52. The van der Waals surface area contributed by atoms with E-state index in [4.69, 9.17) is 4.74 Å². The van der Waals surface area contributed by atoms with Crippen LogP contribution in [0, 0.1) is 0 Å². The second-order valence-electron chi connectivity index (χ2n) is 7.59. The topological polar surface area (TPSA) is 76.1 Å². The highest BCUT2D eigenvalue weighted by molar-refractivity contribution is 5.93. The fourth-order valence-corrected chi connectivity index (χ4v) is 2.85. The van der Waals surface area contributed by atoms with E-state index in [2.05, 4.69) is 53.5 Å². The van der Waals surface area contributed by atoms with Crippen LogP contribution in [0.4, 0.5) is 11.5 Å². The first-order chi connectivity index (χ1) is 12.4. The van der Waals surface area contributed by atoms with Gasteiger partial charge in [-0.15, -0.1) is 0 Å². The Morgan fingerprint density at radius 2 is 2.00 bits per heavy atom. The molecule has 26 heavy (non-hydrogen) atoms. The van der Waals surface area contributed by atoms with Crippen LogP contribution in [0.25, 0.3) is 0 Å². The van der Waals surface area contributed by atoms with Gasteiger partial charge in [-0.2, -0.15) is 0 Å². The van der Waals surface area contributed by atoms with E-state index in [1.807, 2.05) is 12.1 Å². The van der Waals surface area contributed by atoms with Crippen LogP contribution in [0.1, 0.15) is 49.7 Å². The largest absolute Gasteiger partial charge is 0.376 e. The molecule has 1 aliphatic heterocycles. The van der Waals surface area contributed by atoms with Crippen molar-refractivity contribution in [1.82, 2.24) is 15.3 Å². The van der Waals surface area contributed by atoms with Crippen molar-refractivity contribution >= 4 is 17.4 Å². The second-order valence-corrected chi connectivity index (χ2v) is 7.59. The molecule has 1 aliphatic rings. The molecule has 0 saturated carbocycles. The smallest absolute Gasteiger partial charge is 0.270 e. The number of carbonyl (C=O) groups is 1. The Morgan fingerprint density at radius 3 is 2.65 bits per heavy atom. The van der Waals surface area contributed by atoms with E-state index in [1.54, 1.807) is 6.07 Å². The van der Waals surface area contributed by atoms with Crippen molar-refractivity contribution in [3.8, 4) is 0 Å². The number of aromatic nitrogens is 2. The highest BCUT2D eigenvalue weighted by Gasteiger charge is 2.17. The van der Waals surface area contributed by atoms with Gasteiger partial charge in [0.1, 0.15) is 17.8 Å². The summed E-state index contributed by atoms with van der Waals surface area (Å²) in [5.74, 6) is 0.375. The fraction of sp³-hybridized carbons (Fsp3) is 0.450. The van der Waals surface area contributed by atoms with Crippen LogP contribution in [0.2, 0.25) is 0 Å². The third kappa shape index (κ3) is 4.79. The van der Waals surface area contributed by atoms with E-state index >= 15 is 0 Å². The van der Waals surface area contributed by atoms with E-state index in [1.165, 1.54) is 11.9 Å². The number of hydrogen-bond acceptors (Lipinski definition) is 5. The molecule has 1 aromatic heterocycles. The average molecular weight is 354 g/mol. The predicted molar refractivity (Wildman–Crippen MR) is 102 cm³/mol.